The Bertz CT molecular complexity index is 786. The molecule has 2 aromatic heterocycles. The quantitative estimate of drug-likeness (QED) is 0.678. The highest BCUT2D eigenvalue weighted by atomic mass is 35.5. The molecule has 0 fully saturated rings. The van der Waals surface area contributed by atoms with E-state index in [4.69, 9.17) is 16.3 Å². The van der Waals surface area contributed by atoms with Gasteiger partial charge in [0.15, 0.2) is 0 Å². The number of aromatic nitrogens is 2. The number of fused-ring (bicyclic) bond motifs is 1. The van der Waals surface area contributed by atoms with E-state index < -0.39 is 0 Å². The van der Waals surface area contributed by atoms with Crippen molar-refractivity contribution in [1.82, 2.24) is 9.97 Å². The Hall–Kier alpha value is -1.85. The van der Waals surface area contributed by atoms with Gasteiger partial charge in [-0.15, -0.1) is 11.3 Å². The van der Waals surface area contributed by atoms with Gasteiger partial charge < -0.3 is 10.1 Å². The first-order valence-electron chi connectivity index (χ1n) is 7.14. The molecule has 1 aromatic carbocycles. The second-order valence-electron chi connectivity index (χ2n) is 4.66. The van der Waals surface area contributed by atoms with Crippen LogP contribution in [0.3, 0.4) is 0 Å². The van der Waals surface area contributed by atoms with Gasteiger partial charge in [0.2, 0.25) is 5.28 Å². The molecular formula is C16H16ClN3OS. The highest BCUT2D eigenvalue weighted by molar-refractivity contribution is 7.17. The maximum Gasteiger partial charge on any atom is 0.225 e. The van der Waals surface area contributed by atoms with Crippen LogP contribution in [0, 0.1) is 0 Å². The lowest BCUT2D eigenvalue weighted by atomic mass is 10.1. The van der Waals surface area contributed by atoms with Crippen molar-refractivity contribution in [3.05, 3.63) is 34.9 Å². The van der Waals surface area contributed by atoms with E-state index in [2.05, 4.69) is 32.8 Å². The van der Waals surface area contributed by atoms with Crippen molar-refractivity contribution in [3.63, 3.8) is 0 Å². The van der Waals surface area contributed by atoms with Crippen molar-refractivity contribution >= 4 is 39.0 Å². The van der Waals surface area contributed by atoms with Gasteiger partial charge in [0.05, 0.1) is 12.0 Å². The minimum Gasteiger partial charge on any atom is -0.494 e. The van der Waals surface area contributed by atoms with Gasteiger partial charge in [-0.25, -0.2) is 9.97 Å². The number of rotatable bonds is 5. The predicted molar refractivity (Wildman–Crippen MR) is 93.2 cm³/mol. The Labute approximate surface area is 138 Å². The first-order chi connectivity index (χ1) is 10.7. The summed E-state index contributed by atoms with van der Waals surface area (Å²) in [6.45, 7) is 5.45. The molecule has 4 nitrogen and oxygen atoms in total. The number of ether oxygens (including phenoxy) is 1. The van der Waals surface area contributed by atoms with Crippen LogP contribution in [0.1, 0.15) is 13.8 Å². The number of nitrogens with one attached hydrogen (secondary N) is 1. The van der Waals surface area contributed by atoms with Gasteiger partial charge >= 0.3 is 0 Å². The molecule has 1 N–H and O–H groups in total. The van der Waals surface area contributed by atoms with Gasteiger partial charge in [0.1, 0.15) is 16.4 Å². The molecular weight excluding hydrogens is 318 g/mol. The van der Waals surface area contributed by atoms with E-state index >= 15 is 0 Å². The van der Waals surface area contributed by atoms with E-state index in [0.29, 0.717) is 6.61 Å². The van der Waals surface area contributed by atoms with Crippen molar-refractivity contribution in [3.8, 4) is 16.9 Å². The Morgan fingerprint density at radius 3 is 2.64 bits per heavy atom. The summed E-state index contributed by atoms with van der Waals surface area (Å²) in [7, 11) is 0. The highest BCUT2D eigenvalue weighted by Crippen LogP contribution is 2.37. The summed E-state index contributed by atoms with van der Waals surface area (Å²) in [6, 6.07) is 8.06. The van der Waals surface area contributed by atoms with Gasteiger partial charge in [-0.1, -0.05) is 12.1 Å². The maximum atomic E-state index is 6.00. The number of hydrogen-bond donors (Lipinski definition) is 1. The first kappa shape index (κ1) is 15.1. The monoisotopic (exact) mass is 333 g/mol. The van der Waals surface area contributed by atoms with Crippen molar-refractivity contribution in [2.45, 2.75) is 13.8 Å². The maximum absolute atomic E-state index is 6.00. The van der Waals surface area contributed by atoms with Crippen LogP contribution < -0.4 is 10.1 Å². The number of anilines is 1. The summed E-state index contributed by atoms with van der Waals surface area (Å²) in [5.41, 5.74) is 2.22. The SMILES string of the molecule is CCNc1nc(Cl)nc2scc(-c3ccc(OCC)cc3)c12. The Morgan fingerprint density at radius 2 is 1.95 bits per heavy atom. The van der Waals surface area contributed by atoms with E-state index in [1.807, 2.05) is 26.0 Å². The molecule has 0 aliphatic carbocycles. The molecule has 0 aliphatic heterocycles. The zero-order valence-electron chi connectivity index (χ0n) is 12.4. The zero-order chi connectivity index (χ0) is 15.5. The second kappa shape index (κ2) is 6.50. The number of hydrogen-bond acceptors (Lipinski definition) is 5. The fourth-order valence-electron chi connectivity index (χ4n) is 2.32. The van der Waals surface area contributed by atoms with Crippen LogP contribution in [-0.2, 0) is 0 Å². The molecule has 0 saturated heterocycles. The van der Waals surface area contributed by atoms with E-state index in [0.717, 1.165) is 39.5 Å². The third-order valence-corrected chi connectivity index (χ3v) is 4.27. The minimum absolute atomic E-state index is 0.267. The molecule has 6 heteroatoms. The van der Waals surface area contributed by atoms with E-state index in [9.17, 15) is 0 Å². The predicted octanol–water partition coefficient (Wildman–Crippen LogP) is 4.84. The molecule has 2 heterocycles. The lowest BCUT2D eigenvalue weighted by Crippen LogP contribution is -2.01. The van der Waals surface area contributed by atoms with Gasteiger partial charge in [-0.3, -0.25) is 0 Å². The van der Waals surface area contributed by atoms with E-state index in [1.54, 1.807) is 11.3 Å². The van der Waals surface area contributed by atoms with Gasteiger partial charge in [-0.2, -0.15) is 0 Å². The molecule has 0 radical (unpaired) electrons. The molecule has 0 spiro atoms. The second-order valence-corrected chi connectivity index (χ2v) is 5.85. The summed E-state index contributed by atoms with van der Waals surface area (Å²) >= 11 is 7.57. The van der Waals surface area contributed by atoms with Crippen molar-refractivity contribution in [2.24, 2.45) is 0 Å². The normalized spacial score (nSPS) is 10.9. The van der Waals surface area contributed by atoms with E-state index in [-0.39, 0.29) is 5.28 Å². The highest BCUT2D eigenvalue weighted by Gasteiger charge is 2.14. The summed E-state index contributed by atoms with van der Waals surface area (Å²) < 4.78 is 5.49. The minimum atomic E-state index is 0.267. The van der Waals surface area contributed by atoms with Crippen molar-refractivity contribution < 1.29 is 4.74 Å². The van der Waals surface area contributed by atoms with Gasteiger partial charge in [-0.05, 0) is 43.1 Å². The Kier molecular flexibility index (Phi) is 4.45. The molecule has 0 aliphatic rings. The molecule has 0 atom stereocenters. The topological polar surface area (TPSA) is 47.0 Å². The lowest BCUT2D eigenvalue weighted by molar-refractivity contribution is 0.340. The number of halogens is 1. The fraction of sp³-hybridized carbons (Fsp3) is 0.250. The summed E-state index contributed by atoms with van der Waals surface area (Å²) in [4.78, 5) is 9.53. The van der Waals surface area contributed by atoms with E-state index in [1.165, 1.54) is 0 Å². The summed E-state index contributed by atoms with van der Waals surface area (Å²) in [5.74, 6) is 1.65. The molecule has 22 heavy (non-hydrogen) atoms. The number of thiophene rings is 1. The van der Waals surface area contributed by atoms with Gasteiger partial charge in [0, 0.05) is 17.5 Å². The number of benzene rings is 1. The van der Waals surface area contributed by atoms with Crippen molar-refractivity contribution in [2.75, 3.05) is 18.5 Å². The van der Waals surface area contributed by atoms with Crippen LogP contribution in [-0.4, -0.2) is 23.1 Å². The van der Waals surface area contributed by atoms with Crippen LogP contribution in [0.2, 0.25) is 5.28 Å². The fourth-order valence-corrected chi connectivity index (χ4v) is 3.49. The van der Waals surface area contributed by atoms with Crippen LogP contribution >= 0.6 is 22.9 Å². The van der Waals surface area contributed by atoms with Crippen molar-refractivity contribution in [1.29, 1.82) is 0 Å². The molecule has 114 valence electrons. The third-order valence-electron chi connectivity index (χ3n) is 3.23. The molecule has 0 bridgehead atoms. The van der Waals surface area contributed by atoms with Gasteiger partial charge in [0.25, 0.3) is 0 Å². The van der Waals surface area contributed by atoms with Crippen LogP contribution in [0.15, 0.2) is 29.6 Å². The Balaban J connectivity index is 2.10. The Morgan fingerprint density at radius 1 is 1.18 bits per heavy atom. The molecule has 3 rings (SSSR count). The average Bonchev–Trinajstić information content (AvgIpc) is 2.92. The summed E-state index contributed by atoms with van der Waals surface area (Å²) in [5, 5.41) is 6.64. The molecule has 0 amide bonds. The van der Waals surface area contributed by atoms with Crippen LogP contribution in [0.5, 0.6) is 5.75 Å². The van der Waals surface area contributed by atoms with Crippen LogP contribution in [0.4, 0.5) is 5.82 Å². The van der Waals surface area contributed by atoms with Crippen LogP contribution in [0.25, 0.3) is 21.3 Å². The molecule has 0 unspecified atom stereocenters. The average molecular weight is 334 g/mol. The standard InChI is InChI=1S/C16H16ClN3OS/c1-3-18-14-13-12(9-22-15(13)20-16(17)19-14)10-5-7-11(8-6-10)21-4-2/h5-9H,3-4H2,1-2H3,(H,18,19,20). The lowest BCUT2D eigenvalue weighted by Gasteiger charge is -2.08. The largest absolute Gasteiger partial charge is 0.494 e. The zero-order valence-corrected chi connectivity index (χ0v) is 14.0. The first-order valence-corrected chi connectivity index (χ1v) is 8.40. The third kappa shape index (κ3) is 2.87. The summed E-state index contributed by atoms with van der Waals surface area (Å²) in [6.07, 6.45) is 0. The molecule has 3 aromatic rings. The number of nitrogens with zero attached hydrogens (tertiary/aromatic N) is 2. The molecule has 0 saturated carbocycles. The smallest absolute Gasteiger partial charge is 0.225 e.